The number of hydrogen-bond donors (Lipinski definition) is 1. The summed E-state index contributed by atoms with van der Waals surface area (Å²) in [6.45, 7) is 1.88. The van der Waals surface area contributed by atoms with Crippen LogP contribution in [0.4, 0.5) is 32.0 Å². The van der Waals surface area contributed by atoms with E-state index < -0.39 is 48.4 Å². The number of hydrogen-bond acceptors (Lipinski definition) is 5. The number of nitrogens with zero attached hydrogens (tertiary/aromatic N) is 1. The maximum Gasteiger partial charge on any atom is 0.416 e. The van der Waals surface area contributed by atoms with E-state index in [4.69, 9.17) is 4.74 Å². The van der Waals surface area contributed by atoms with E-state index in [0.717, 1.165) is 16.4 Å². The zero-order valence-electron chi connectivity index (χ0n) is 17.4. The van der Waals surface area contributed by atoms with Crippen molar-refractivity contribution in [1.29, 1.82) is 0 Å². The minimum absolute atomic E-state index is 0.0577. The van der Waals surface area contributed by atoms with E-state index in [2.05, 4.69) is 0 Å². The van der Waals surface area contributed by atoms with Crippen LogP contribution in [0.3, 0.4) is 0 Å². The van der Waals surface area contributed by atoms with Gasteiger partial charge in [0.15, 0.2) is 0 Å². The molecule has 0 spiro atoms. The molecule has 15 heteroatoms. The molecule has 1 aliphatic heterocycles. The molecule has 1 aliphatic rings. The van der Waals surface area contributed by atoms with Gasteiger partial charge in [-0.05, 0) is 42.8 Å². The second-order valence-electron chi connectivity index (χ2n) is 7.34. The van der Waals surface area contributed by atoms with E-state index in [0.29, 0.717) is 0 Å². The Morgan fingerprint density at radius 2 is 1.38 bits per heavy atom. The van der Waals surface area contributed by atoms with Crippen LogP contribution in [0, 0.1) is 6.92 Å². The van der Waals surface area contributed by atoms with Crippen molar-refractivity contribution >= 4 is 25.7 Å². The fourth-order valence-corrected chi connectivity index (χ4v) is 5.94. The summed E-state index contributed by atoms with van der Waals surface area (Å²) in [5.74, 6) is 0. The lowest BCUT2D eigenvalue weighted by atomic mass is 10.1. The van der Waals surface area contributed by atoms with Crippen molar-refractivity contribution in [3.63, 3.8) is 0 Å². The molecule has 1 fully saturated rings. The third-order valence-electron chi connectivity index (χ3n) is 4.90. The van der Waals surface area contributed by atoms with Crippen molar-refractivity contribution in [3.05, 3.63) is 53.1 Å². The second-order valence-corrected chi connectivity index (χ2v) is 10.9. The number of ether oxygens (including phenoxy) is 1. The fraction of sp³-hybridized carbons (Fsp3) is 0.368. The molecule has 7 nitrogen and oxygen atoms in total. The van der Waals surface area contributed by atoms with Gasteiger partial charge in [0.2, 0.25) is 10.0 Å². The summed E-state index contributed by atoms with van der Waals surface area (Å²) in [6.07, 6.45) is -10.5. The highest BCUT2D eigenvalue weighted by molar-refractivity contribution is 7.92. The summed E-state index contributed by atoms with van der Waals surface area (Å²) in [6, 6.07) is 3.30. The van der Waals surface area contributed by atoms with Crippen LogP contribution < -0.4 is 4.72 Å². The Kier molecular flexibility index (Phi) is 6.96. The number of halogens is 6. The molecule has 0 aliphatic carbocycles. The van der Waals surface area contributed by atoms with E-state index in [1.807, 2.05) is 4.72 Å². The van der Waals surface area contributed by atoms with Gasteiger partial charge in [-0.15, -0.1) is 0 Å². The van der Waals surface area contributed by atoms with Crippen molar-refractivity contribution in [2.24, 2.45) is 0 Å². The van der Waals surface area contributed by atoms with Gasteiger partial charge in [0, 0.05) is 13.1 Å². The van der Waals surface area contributed by atoms with Gasteiger partial charge in [-0.25, -0.2) is 16.8 Å². The van der Waals surface area contributed by atoms with Crippen LogP contribution >= 0.6 is 0 Å². The Balaban J connectivity index is 2.02. The van der Waals surface area contributed by atoms with Gasteiger partial charge in [-0.2, -0.15) is 30.6 Å². The summed E-state index contributed by atoms with van der Waals surface area (Å²) in [7, 11) is -9.02. The summed E-state index contributed by atoms with van der Waals surface area (Å²) in [5.41, 5.74) is -3.71. The number of rotatable bonds is 5. The Bertz CT molecular complexity index is 1250. The van der Waals surface area contributed by atoms with E-state index in [-0.39, 0.29) is 60.6 Å². The summed E-state index contributed by atoms with van der Waals surface area (Å²) in [4.78, 5) is -1.55. The van der Waals surface area contributed by atoms with Crippen LogP contribution in [0.25, 0.3) is 0 Å². The lowest BCUT2D eigenvalue weighted by Crippen LogP contribution is -2.40. The predicted octanol–water partition coefficient (Wildman–Crippen LogP) is 3.85. The highest BCUT2D eigenvalue weighted by Crippen LogP contribution is 2.37. The topological polar surface area (TPSA) is 92.8 Å². The zero-order chi connectivity index (χ0) is 25.5. The smallest absolute Gasteiger partial charge is 0.379 e. The molecule has 1 heterocycles. The summed E-state index contributed by atoms with van der Waals surface area (Å²) >= 11 is 0. The summed E-state index contributed by atoms with van der Waals surface area (Å²) < 4.78 is 138. The van der Waals surface area contributed by atoms with Gasteiger partial charge in [0.05, 0.1) is 39.8 Å². The van der Waals surface area contributed by atoms with Crippen molar-refractivity contribution < 1.29 is 47.9 Å². The standard InChI is InChI=1S/C19H18F6N2O5S2/c1-12-2-3-15(11-17(12)34(30,31)27-4-6-32-7-5-27)26-33(28,29)16-9-13(18(20,21)22)8-14(10-16)19(23,24)25/h2-3,8-11,26H,4-7H2,1H3. The van der Waals surface area contributed by atoms with Gasteiger partial charge in [0.25, 0.3) is 10.0 Å². The van der Waals surface area contributed by atoms with Gasteiger partial charge in [-0.1, -0.05) is 6.07 Å². The van der Waals surface area contributed by atoms with E-state index >= 15 is 0 Å². The number of sulfonamides is 2. The van der Waals surface area contributed by atoms with E-state index in [1.54, 1.807) is 0 Å². The van der Waals surface area contributed by atoms with Gasteiger partial charge in [0.1, 0.15) is 0 Å². The lowest BCUT2D eigenvalue weighted by molar-refractivity contribution is -0.143. The molecule has 0 unspecified atom stereocenters. The normalized spacial score (nSPS) is 16.4. The highest BCUT2D eigenvalue weighted by atomic mass is 32.2. The Morgan fingerprint density at radius 3 is 1.88 bits per heavy atom. The van der Waals surface area contributed by atoms with Crippen molar-refractivity contribution in [2.45, 2.75) is 29.1 Å². The third-order valence-corrected chi connectivity index (χ3v) is 8.30. The van der Waals surface area contributed by atoms with Crippen molar-refractivity contribution in [2.75, 3.05) is 31.0 Å². The average molecular weight is 532 g/mol. The number of morpholine rings is 1. The molecule has 0 radical (unpaired) electrons. The molecule has 2 aromatic rings. The van der Waals surface area contributed by atoms with Gasteiger partial charge in [-0.3, -0.25) is 4.72 Å². The third kappa shape index (κ3) is 5.64. The Morgan fingerprint density at radius 1 is 0.853 bits per heavy atom. The molecule has 0 atom stereocenters. The van der Waals surface area contributed by atoms with Gasteiger partial charge < -0.3 is 4.74 Å². The monoisotopic (exact) mass is 532 g/mol. The molecular formula is C19H18F6N2O5S2. The van der Waals surface area contributed by atoms with Crippen LogP contribution in [0.15, 0.2) is 46.2 Å². The molecule has 1 N–H and O–H groups in total. The Hall–Kier alpha value is -2.36. The van der Waals surface area contributed by atoms with Gasteiger partial charge >= 0.3 is 12.4 Å². The molecule has 2 aromatic carbocycles. The highest BCUT2D eigenvalue weighted by Gasteiger charge is 2.38. The molecule has 0 amide bonds. The molecule has 0 aromatic heterocycles. The first-order chi connectivity index (χ1) is 15.5. The van der Waals surface area contributed by atoms with E-state index in [9.17, 15) is 43.2 Å². The predicted molar refractivity (Wildman–Crippen MR) is 108 cm³/mol. The quantitative estimate of drug-likeness (QED) is 0.591. The number of nitrogens with one attached hydrogen (secondary N) is 1. The van der Waals surface area contributed by atoms with Crippen LogP contribution in [0.1, 0.15) is 16.7 Å². The van der Waals surface area contributed by atoms with Crippen molar-refractivity contribution in [3.8, 4) is 0 Å². The molecule has 188 valence electrons. The first-order valence-electron chi connectivity index (χ1n) is 9.53. The molecule has 0 bridgehead atoms. The maximum absolute atomic E-state index is 13.1. The number of aryl methyl sites for hydroxylation is 1. The Labute approximate surface area is 191 Å². The molecule has 3 rings (SSSR count). The van der Waals surface area contributed by atoms with E-state index in [1.165, 1.54) is 13.0 Å². The molecular weight excluding hydrogens is 514 g/mol. The van der Waals surface area contributed by atoms with Crippen LogP contribution in [0.2, 0.25) is 0 Å². The first kappa shape index (κ1) is 26.2. The van der Waals surface area contributed by atoms with Crippen LogP contribution in [-0.4, -0.2) is 47.4 Å². The SMILES string of the molecule is Cc1ccc(NS(=O)(=O)c2cc(C(F)(F)F)cc(C(F)(F)F)c2)cc1S(=O)(=O)N1CCOCC1. The average Bonchev–Trinajstić information content (AvgIpc) is 2.74. The van der Waals surface area contributed by atoms with Crippen LogP contribution in [-0.2, 0) is 37.1 Å². The second kappa shape index (κ2) is 9.02. The lowest BCUT2D eigenvalue weighted by Gasteiger charge is -2.27. The molecule has 0 saturated carbocycles. The minimum atomic E-state index is -5.24. The van der Waals surface area contributed by atoms with Crippen molar-refractivity contribution in [1.82, 2.24) is 4.31 Å². The largest absolute Gasteiger partial charge is 0.416 e. The number of anilines is 1. The number of benzene rings is 2. The summed E-state index contributed by atoms with van der Waals surface area (Å²) in [5, 5.41) is 0. The first-order valence-corrected chi connectivity index (χ1v) is 12.4. The van der Waals surface area contributed by atoms with Crippen LogP contribution in [0.5, 0.6) is 0 Å². The maximum atomic E-state index is 13.1. The molecule has 34 heavy (non-hydrogen) atoms. The zero-order valence-corrected chi connectivity index (χ0v) is 19.0. The fourth-order valence-electron chi connectivity index (χ4n) is 3.16. The molecule has 1 saturated heterocycles. The number of alkyl halides is 6. The minimum Gasteiger partial charge on any atom is -0.379 e.